The Kier molecular flexibility index (Phi) is 3.72. The predicted octanol–water partition coefficient (Wildman–Crippen LogP) is 6.16. The number of carbonyl (C=O) groups is 1. The monoisotopic (exact) mass is 346 g/mol. The molecular weight excluding hydrogens is 328 g/mol. The van der Waals surface area contributed by atoms with Crippen LogP contribution in [0.3, 0.4) is 0 Å². The van der Waals surface area contributed by atoms with Crippen LogP contribution in [0, 0.1) is 0 Å². The molecule has 0 radical (unpaired) electrons. The van der Waals surface area contributed by atoms with Gasteiger partial charge in [-0.3, -0.25) is 4.79 Å². The van der Waals surface area contributed by atoms with E-state index in [4.69, 9.17) is 0 Å². The highest BCUT2D eigenvalue weighted by Gasteiger charge is 2.21. The van der Waals surface area contributed by atoms with Crippen LogP contribution in [-0.4, -0.2) is 5.78 Å². The summed E-state index contributed by atoms with van der Waals surface area (Å²) in [6, 6.07) is 32.5. The molecule has 0 unspecified atom stereocenters. The van der Waals surface area contributed by atoms with Gasteiger partial charge >= 0.3 is 0 Å². The van der Waals surface area contributed by atoms with Crippen molar-refractivity contribution >= 4 is 5.78 Å². The van der Waals surface area contributed by atoms with Gasteiger partial charge in [0.15, 0.2) is 5.78 Å². The van der Waals surface area contributed by atoms with E-state index in [1.165, 1.54) is 27.8 Å². The van der Waals surface area contributed by atoms with Gasteiger partial charge in [0.25, 0.3) is 0 Å². The van der Waals surface area contributed by atoms with Crippen LogP contribution in [-0.2, 0) is 6.42 Å². The second kappa shape index (κ2) is 6.37. The molecule has 0 saturated heterocycles. The van der Waals surface area contributed by atoms with Crippen molar-refractivity contribution in [2.45, 2.75) is 6.42 Å². The zero-order chi connectivity index (χ0) is 18.2. The molecule has 0 bridgehead atoms. The van der Waals surface area contributed by atoms with Crippen molar-refractivity contribution in [1.29, 1.82) is 0 Å². The zero-order valence-corrected chi connectivity index (χ0v) is 14.9. The summed E-state index contributed by atoms with van der Waals surface area (Å²) in [6.07, 6.45) is 0.943. The lowest BCUT2D eigenvalue weighted by molar-refractivity contribution is 0.103. The second-order valence-corrected chi connectivity index (χ2v) is 6.94. The Balaban J connectivity index is 1.59. The van der Waals surface area contributed by atoms with E-state index in [9.17, 15) is 4.79 Å². The molecule has 0 fully saturated rings. The second-order valence-electron chi connectivity index (χ2n) is 6.94. The van der Waals surface area contributed by atoms with Crippen molar-refractivity contribution in [3.8, 4) is 22.3 Å². The molecule has 1 heteroatoms. The number of benzene rings is 4. The lowest BCUT2D eigenvalue weighted by atomic mass is 9.93. The summed E-state index contributed by atoms with van der Waals surface area (Å²) >= 11 is 0. The van der Waals surface area contributed by atoms with E-state index in [1.54, 1.807) is 0 Å². The van der Waals surface area contributed by atoms with Gasteiger partial charge in [-0.15, -0.1) is 0 Å². The molecule has 4 aromatic rings. The van der Waals surface area contributed by atoms with E-state index in [-0.39, 0.29) is 5.78 Å². The molecule has 5 rings (SSSR count). The smallest absolute Gasteiger partial charge is 0.193 e. The Morgan fingerprint density at radius 3 is 2.15 bits per heavy atom. The van der Waals surface area contributed by atoms with Gasteiger partial charge < -0.3 is 0 Å². The first-order valence-corrected chi connectivity index (χ1v) is 9.21. The fraction of sp³-hybridized carbons (Fsp3) is 0.0385. The summed E-state index contributed by atoms with van der Waals surface area (Å²) in [5.74, 6) is 0.0633. The van der Waals surface area contributed by atoms with Gasteiger partial charge in [-0.05, 0) is 45.9 Å². The summed E-state index contributed by atoms with van der Waals surface area (Å²) in [7, 11) is 0. The van der Waals surface area contributed by atoms with Crippen LogP contribution in [0.2, 0.25) is 0 Å². The van der Waals surface area contributed by atoms with Gasteiger partial charge in [0.1, 0.15) is 0 Å². The molecule has 128 valence electrons. The Morgan fingerprint density at radius 1 is 0.593 bits per heavy atom. The maximum atomic E-state index is 12.8. The van der Waals surface area contributed by atoms with E-state index in [0.717, 1.165) is 23.1 Å². The molecule has 4 aromatic carbocycles. The predicted molar refractivity (Wildman–Crippen MR) is 110 cm³/mol. The fourth-order valence-corrected chi connectivity index (χ4v) is 4.01. The highest BCUT2D eigenvalue weighted by Crippen LogP contribution is 2.41. The Bertz CT molecular complexity index is 1160. The third kappa shape index (κ3) is 2.69. The zero-order valence-electron chi connectivity index (χ0n) is 14.9. The summed E-state index contributed by atoms with van der Waals surface area (Å²) in [6.45, 7) is 0. The average Bonchev–Trinajstić information content (AvgIpc) is 3.13. The van der Waals surface area contributed by atoms with Crippen molar-refractivity contribution in [3.63, 3.8) is 0 Å². The molecule has 0 amide bonds. The quantitative estimate of drug-likeness (QED) is 0.358. The van der Waals surface area contributed by atoms with Crippen molar-refractivity contribution < 1.29 is 4.79 Å². The summed E-state index contributed by atoms with van der Waals surface area (Å²) in [5.41, 5.74) is 9.12. The lowest BCUT2D eigenvalue weighted by Gasteiger charge is -2.10. The van der Waals surface area contributed by atoms with Gasteiger partial charge in [-0.25, -0.2) is 0 Å². The molecule has 0 N–H and O–H groups in total. The lowest BCUT2D eigenvalue weighted by Crippen LogP contribution is -2.01. The molecule has 0 heterocycles. The first-order chi connectivity index (χ1) is 13.3. The number of rotatable bonds is 3. The number of hydrogen-bond donors (Lipinski definition) is 0. The molecule has 27 heavy (non-hydrogen) atoms. The Labute approximate surface area is 158 Å². The van der Waals surface area contributed by atoms with Gasteiger partial charge in [0.2, 0.25) is 0 Å². The number of fused-ring (bicyclic) bond motifs is 3. The van der Waals surface area contributed by atoms with Crippen LogP contribution in [0.1, 0.15) is 27.0 Å². The van der Waals surface area contributed by atoms with Gasteiger partial charge in [-0.2, -0.15) is 0 Å². The van der Waals surface area contributed by atoms with Crippen molar-refractivity contribution in [3.05, 3.63) is 119 Å². The van der Waals surface area contributed by atoms with E-state index < -0.39 is 0 Å². The van der Waals surface area contributed by atoms with E-state index in [1.807, 2.05) is 48.5 Å². The molecule has 0 aliphatic heterocycles. The van der Waals surface area contributed by atoms with Gasteiger partial charge in [-0.1, -0.05) is 91.0 Å². The molecular formula is C26H18O. The topological polar surface area (TPSA) is 17.1 Å². The van der Waals surface area contributed by atoms with Crippen molar-refractivity contribution in [1.82, 2.24) is 0 Å². The Morgan fingerprint density at radius 2 is 1.26 bits per heavy atom. The van der Waals surface area contributed by atoms with E-state index in [0.29, 0.717) is 0 Å². The number of carbonyl (C=O) groups excluding carboxylic acids is 1. The minimum atomic E-state index is 0.0633. The molecule has 1 aliphatic rings. The SMILES string of the molecule is O=C(c1ccccc1)c1cccc(-c2cccc3c2Cc2ccccc2-3)c1. The highest BCUT2D eigenvalue weighted by atomic mass is 16.1. The molecule has 0 spiro atoms. The average molecular weight is 346 g/mol. The summed E-state index contributed by atoms with van der Waals surface area (Å²) in [4.78, 5) is 12.8. The van der Waals surface area contributed by atoms with Crippen LogP contribution < -0.4 is 0 Å². The largest absolute Gasteiger partial charge is 0.289 e. The van der Waals surface area contributed by atoms with Crippen LogP contribution in [0.4, 0.5) is 0 Å². The van der Waals surface area contributed by atoms with Crippen LogP contribution in [0.5, 0.6) is 0 Å². The number of ketones is 1. The normalized spacial score (nSPS) is 11.7. The fourth-order valence-electron chi connectivity index (χ4n) is 4.01. The highest BCUT2D eigenvalue weighted by molar-refractivity contribution is 6.09. The van der Waals surface area contributed by atoms with Gasteiger partial charge in [0.05, 0.1) is 0 Å². The van der Waals surface area contributed by atoms with Crippen LogP contribution in [0.25, 0.3) is 22.3 Å². The third-order valence-corrected chi connectivity index (χ3v) is 5.32. The van der Waals surface area contributed by atoms with Gasteiger partial charge in [0, 0.05) is 11.1 Å². The molecule has 0 atom stereocenters. The standard InChI is InChI=1S/C26H18O/c27-26(18-8-2-1-3-9-18)21-12-6-11-19(16-21)23-14-7-15-24-22-13-5-4-10-20(22)17-25(23)24/h1-16H,17H2. The minimum absolute atomic E-state index is 0.0633. The third-order valence-electron chi connectivity index (χ3n) is 5.32. The number of hydrogen-bond acceptors (Lipinski definition) is 1. The van der Waals surface area contributed by atoms with Crippen molar-refractivity contribution in [2.75, 3.05) is 0 Å². The molecule has 0 saturated carbocycles. The van der Waals surface area contributed by atoms with Crippen LogP contribution in [0.15, 0.2) is 97.1 Å². The molecule has 1 nitrogen and oxygen atoms in total. The summed E-state index contributed by atoms with van der Waals surface area (Å²) in [5, 5.41) is 0. The van der Waals surface area contributed by atoms with Crippen LogP contribution >= 0.6 is 0 Å². The Hall–Kier alpha value is -3.45. The van der Waals surface area contributed by atoms with E-state index >= 15 is 0 Å². The molecule has 1 aliphatic carbocycles. The maximum Gasteiger partial charge on any atom is 0.193 e. The summed E-state index contributed by atoms with van der Waals surface area (Å²) < 4.78 is 0. The minimum Gasteiger partial charge on any atom is -0.289 e. The maximum absolute atomic E-state index is 12.8. The van der Waals surface area contributed by atoms with Crippen molar-refractivity contribution in [2.24, 2.45) is 0 Å². The first-order valence-electron chi connectivity index (χ1n) is 9.21. The van der Waals surface area contributed by atoms with E-state index in [2.05, 4.69) is 48.5 Å². The molecule has 0 aromatic heterocycles. The first kappa shape index (κ1) is 15.8.